The SMILES string of the molecule is COc1ccc(CCNC(=O)C(C)N(C)Cc2cc(Br)ccc2F)cc1. The van der Waals surface area contributed by atoms with Gasteiger partial charge in [0.05, 0.1) is 13.2 Å². The van der Waals surface area contributed by atoms with Gasteiger partial charge in [0.1, 0.15) is 11.6 Å². The standard InChI is InChI=1S/C20H24BrFN2O2/c1-14(24(2)13-16-12-17(21)6-9-19(16)22)20(25)23-11-10-15-4-7-18(26-3)8-5-15/h4-9,12,14H,10-11,13H2,1-3H3,(H,23,25). The lowest BCUT2D eigenvalue weighted by Crippen LogP contribution is -2.43. The highest BCUT2D eigenvalue weighted by molar-refractivity contribution is 9.10. The first kappa shape index (κ1) is 20.4. The van der Waals surface area contributed by atoms with Gasteiger partial charge in [-0.3, -0.25) is 9.69 Å². The molecule has 0 aliphatic rings. The maximum Gasteiger partial charge on any atom is 0.237 e. The zero-order chi connectivity index (χ0) is 19.1. The summed E-state index contributed by atoms with van der Waals surface area (Å²) >= 11 is 3.35. The first-order valence-corrected chi connectivity index (χ1v) is 9.25. The number of carbonyl (C=O) groups excluding carboxylic acids is 1. The van der Waals surface area contributed by atoms with E-state index in [0.29, 0.717) is 18.7 Å². The second-order valence-corrected chi connectivity index (χ2v) is 7.13. The van der Waals surface area contributed by atoms with Crippen LogP contribution in [0.4, 0.5) is 4.39 Å². The predicted molar refractivity (Wildman–Crippen MR) is 105 cm³/mol. The van der Waals surface area contributed by atoms with Crippen molar-refractivity contribution in [3.05, 3.63) is 63.9 Å². The van der Waals surface area contributed by atoms with Crippen LogP contribution in [0.1, 0.15) is 18.1 Å². The maximum absolute atomic E-state index is 13.9. The minimum absolute atomic E-state index is 0.0728. The molecule has 0 fully saturated rings. The van der Waals surface area contributed by atoms with E-state index >= 15 is 0 Å². The van der Waals surface area contributed by atoms with E-state index in [4.69, 9.17) is 4.74 Å². The third kappa shape index (κ3) is 5.81. The molecule has 2 aromatic carbocycles. The van der Waals surface area contributed by atoms with Gasteiger partial charge in [0.25, 0.3) is 0 Å². The molecule has 0 radical (unpaired) electrons. The number of nitrogens with one attached hydrogen (secondary N) is 1. The Morgan fingerprint density at radius 3 is 2.62 bits per heavy atom. The van der Waals surface area contributed by atoms with Crippen molar-refractivity contribution in [1.29, 1.82) is 0 Å². The predicted octanol–water partition coefficient (Wildman–Crippen LogP) is 3.78. The smallest absolute Gasteiger partial charge is 0.237 e. The van der Waals surface area contributed by atoms with Crippen molar-refractivity contribution in [1.82, 2.24) is 10.2 Å². The van der Waals surface area contributed by atoms with E-state index in [1.807, 2.05) is 43.1 Å². The van der Waals surface area contributed by atoms with E-state index in [-0.39, 0.29) is 17.8 Å². The zero-order valence-corrected chi connectivity index (χ0v) is 16.8. The third-order valence-corrected chi connectivity index (χ3v) is 4.83. The molecule has 2 rings (SSSR count). The summed E-state index contributed by atoms with van der Waals surface area (Å²) in [4.78, 5) is 14.2. The first-order chi connectivity index (χ1) is 12.4. The summed E-state index contributed by atoms with van der Waals surface area (Å²) < 4.78 is 19.8. The van der Waals surface area contributed by atoms with Crippen LogP contribution in [0.15, 0.2) is 46.9 Å². The summed E-state index contributed by atoms with van der Waals surface area (Å²) in [5.74, 6) is 0.469. The second-order valence-electron chi connectivity index (χ2n) is 6.22. The largest absolute Gasteiger partial charge is 0.497 e. The molecule has 1 unspecified atom stereocenters. The summed E-state index contributed by atoms with van der Waals surface area (Å²) in [7, 11) is 3.45. The summed E-state index contributed by atoms with van der Waals surface area (Å²) in [6.07, 6.45) is 0.742. The molecule has 0 aromatic heterocycles. The van der Waals surface area contributed by atoms with E-state index in [1.165, 1.54) is 6.07 Å². The molecule has 0 spiro atoms. The molecular weight excluding hydrogens is 399 g/mol. The van der Waals surface area contributed by atoms with Crippen LogP contribution in [0.5, 0.6) is 5.75 Å². The Bertz CT molecular complexity index is 737. The van der Waals surface area contributed by atoms with Gasteiger partial charge in [-0.1, -0.05) is 28.1 Å². The molecule has 1 amide bonds. The topological polar surface area (TPSA) is 41.6 Å². The molecule has 4 nitrogen and oxygen atoms in total. The Morgan fingerprint density at radius 1 is 1.27 bits per heavy atom. The fraction of sp³-hybridized carbons (Fsp3) is 0.350. The number of amides is 1. The lowest BCUT2D eigenvalue weighted by atomic mass is 10.1. The number of likely N-dealkylation sites (N-methyl/N-ethyl adjacent to an activating group) is 1. The number of methoxy groups -OCH3 is 1. The van der Waals surface area contributed by atoms with Gasteiger partial charge >= 0.3 is 0 Å². The highest BCUT2D eigenvalue weighted by Gasteiger charge is 2.19. The lowest BCUT2D eigenvalue weighted by Gasteiger charge is -2.24. The molecule has 0 heterocycles. The van der Waals surface area contributed by atoms with Crippen LogP contribution in [-0.4, -0.2) is 37.6 Å². The van der Waals surface area contributed by atoms with Gasteiger partial charge in [0, 0.05) is 23.1 Å². The van der Waals surface area contributed by atoms with Crippen LogP contribution in [-0.2, 0) is 17.8 Å². The van der Waals surface area contributed by atoms with E-state index in [2.05, 4.69) is 21.2 Å². The Balaban J connectivity index is 1.82. The molecule has 0 saturated heterocycles. The highest BCUT2D eigenvalue weighted by atomic mass is 79.9. The monoisotopic (exact) mass is 422 g/mol. The number of hydrogen-bond acceptors (Lipinski definition) is 3. The van der Waals surface area contributed by atoms with Crippen LogP contribution in [0.2, 0.25) is 0 Å². The van der Waals surface area contributed by atoms with Gasteiger partial charge in [-0.15, -0.1) is 0 Å². The van der Waals surface area contributed by atoms with Gasteiger partial charge in [-0.05, 0) is 56.3 Å². The number of ether oxygens (including phenoxy) is 1. The van der Waals surface area contributed by atoms with Crippen molar-refractivity contribution in [3.8, 4) is 5.75 Å². The first-order valence-electron chi connectivity index (χ1n) is 8.45. The zero-order valence-electron chi connectivity index (χ0n) is 15.3. The van der Waals surface area contributed by atoms with Gasteiger partial charge in [-0.2, -0.15) is 0 Å². The number of nitrogens with zero attached hydrogens (tertiary/aromatic N) is 1. The molecule has 1 N–H and O–H groups in total. The van der Waals surface area contributed by atoms with Crippen molar-refractivity contribution in [3.63, 3.8) is 0 Å². The van der Waals surface area contributed by atoms with Crippen LogP contribution in [0, 0.1) is 5.82 Å². The van der Waals surface area contributed by atoms with Crippen LogP contribution in [0.25, 0.3) is 0 Å². The highest BCUT2D eigenvalue weighted by Crippen LogP contribution is 2.17. The van der Waals surface area contributed by atoms with Crippen LogP contribution < -0.4 is 10.1 Å². The van der Waals surface area contributed by atoms with Crippen molar-refractivity contribution in [2.45, 2.75) is 25.9 Å². The molecule has 0 bridgehead atoms. The average molecular weight is 423 g/mol. The molecule has 0 saturated carbocycles. The number of carbonyl (C=O) groups is 1. The quantitative estimate of drug-likeness (QED) is 0.703. The molecule has 0 aliphatic carbocycles. The lowest BCUT2D eigenvalue weighted by molar-refractivity contribution is -0.125. The normalized spacial score (nSPS) is 12.1. The van der Waals surface area contributed by atoms with Gasteiger partial charge in [0.2, 0.25) is 5.91 Å². The van der Waals surface area contributed by atoms with Crippen molar-refractivity contribution >= 4 is 21.8 Å². The fourth-order valence-corrected chi connectivity index (χ4v) is 2.95. The molecule has 140 valence electrons. The van der Waals surface area contributed by atoms with Gasteiger partial charge < -0.3 is 10.1 Å². The Hall–Kier alpha value is -1.92. The summed E-state index contributed by atoms with van der Waals surface area (Å²) in [5.41, 5.74) is 1.68. The van der Waals surface area contributed by atoms with E-state index in [1.54, 1.807) is 19.2 Å². The van der Waals surface area contributed by atoms with E-state index in [9.17, 15) is 9.18 Å². The minimum Gasteiger partial charge on any atom is -0.497 e. The average Bonchev–Trinajstić information content (AvgIpc) is 2.64. The van der Waals surface area contributed by atoms with Crippen LogP contribution in [0.3, 0.4) is 0 Å². The Kier molecular flexibility index (Phi) is 7.60. The Labute approximate surface area is 162 Å². The molecule has 0 aliphatic heterocycles. The third-order valence-electron chi connectivity index (χ3n) is 4.34. The van der Waals surface area contributed by atoms with Crippen molar-refractivity contribution in [2.24, 2.45) is 0 Å². The van der Waals surface area contributed by atoms with Gasteiger partial charge in [-0.25, -0.2) is 4.39 Å². The van der Waals surface area contributed by atoms with Crippen molar-refractivity contribution in [2.75, 3.05) is 20.7 Å². The Morgan fingerprint density at radius 2 is 1.96 bits per heavy atom. The second kappa shape index (κ2) is 9.69. The molecule has 26 heavy (non-hydrogen) atoms. The van der Waals surface area contributed by atoms with Crippen LogP contribution >= 0.6 is 15.9 Å². The number of benzene rings is 2. The van der Waals surface area contributed by atoms with E-state index < -0.39 is 0 Å². The molecule has 2 aromatic rings. The maximum atomic E-state index is 13.9. The summed E-state index contributed by atoms with van der Waals surface area (Å²) in [6, 6.07) is 12.2. The minimum atomic E-state index is -0.357. The number of halogens is 2. The van der Waals surface area contributed by atoms with Gasteiger partial charge in [0.15, 0.2) is 0 Å². The summed E-state index contributed by atoms with van der Waals surface area (Å²) in [6.45, 7) is 2.73. The molecular formula is C20H24BrFN2O2. The fourth-order valence-electron chi connectivity index (χ4n) is 2.54. The number of hydrogen-bond donors (Lipinski definition) is 1. The number of rotatable bonds is 8. The molecule has 1 atom stereocenters. The molecule has 6 heteroatoms. The summed E-state index contributed by atoms with van der Waals surface area (Å²) in [5, 5.41) is 2.94. The van der Waals surface area contributed by atoms with E-state index in [0.717, 1.165) is 22.2 Å². The van der Waals surface area contributed by atoms with Crippen molar-refractivity contribution < 1.29 is 13.9 Å².